The molecular weight excluding hydrogens is 352 g/mol. The van der Waals surface area contributed by atoms with Gasteiger partial charge in [-0.15, -0.1) is 0 Å². The first-order chi connectivity index (χ1) is 13.5. The van der Waals surface area contributed by atoms with E-state index in [2.05, 4.69) is 10.6 Å². The van der Waals surface area contributed by atoms with Crippen LogP contribution in [0.2, 0.25) is 0 Å². The second-order valence-corrected chi connectivity index (χ2v) is 7.29. The number of para-hydroxylation sites is 1. The molecule has 2 unspecified atom stereocenters. The summed E-state index contributed by atoms with van der Waals surface area (Å²) >= 11 is 0. The number of hydrogen-bond donors (Lipinski definition) is 3. The highest BCUT2D eigenvalue weighted by Crippen LogP contribution is 2.20. The number of amides is 3. The molecule has 1 fully saturated rings. The number of likely N-dealkylation sites (tertiary alicyclic amines) is 1. The molecule has 0 spiro atoms. The number of nitrogens with two attached hydrogens (primary N) is 1. The monoisotopic (exact) mass is 380 g/mol. The molecule has 3 amide bonds. The Balaban J connectivity index is 1.46. The molecule has 148 valence electrons. The molecule has 0 aliphatic carbocycles. The summed E-state index contributed by atoms with van der Waals surface area (Å²) in [5.41, 5.74) is 8.00. The van der Waals surface area contributed by atoms with Gasteiger partial charge in [-0.2, -0.15) is 0 Å². The van der Waals surface area contributed by atoms with Gasteiger partial charge < -0.3 is 21.3 Å². The normalized spacial score (nSPS) is 16.9. The topological polar surface area (TPSA) is 87.5 Å². The maximum atomic E-state index is 12.6. The predicted molar refractivity (Wildman–Crippen MR) is 111 cm³/mol. The Labute approximate surface area is 166 Å². The van der Waals surface area contributed by atoms with E-state index >= 15 is 0 Å². The Kier molecular flexibility index (Phi) is 6.66. The molecule has 4 N–H and O–H groups in total. The van der Waals surface area contributed by atoms with Gasteiger partial charge in [0.05, 0.1) is 5.92 Å². The van der Waals surface area contributed by atoms with Gasteiger partial charge in [-0.3, -0.25) is 4.79 Å². The SMILES string of the molecule is CC(C(=O)NC1CCN(C(=O)Nc2ccccc2)CC1)C(N)c1ccccc1. The predicted octanol–water partition coefficient (Wildman–Crippen LogP) is 3.14. The Morgan fingerprint density at radius 1 is 1.00 bits per heavy atom. The molecule has 6 nitrogen and oxygen atoms in total. The van der Waals surface area contributed by atoms with E-state index in [-0.39, 0.29) is 29.9 Å². The maximum absolute atomic E-state index is 12.6. The third-order valence-corrected chi connectivity index (χ3v) is 5.29. The van der Waals surface area contributed by atoms with Crippen LogP contribution in [0.1, 0.15) is 31.4 Å². The number of nitrogens with zero attached hydrogens (tertiary/aromatic N) is 1. The second kappa shape index (κ2) is 9.37. The lowest BCUT2D eigenvalue weighted by atomic mass is 9.94. The Morgan fingerprint density at radius 2 is 1.57 bits per heavy atom. The molecule has 0 aromatic heterocycles. The van der Waals surface area contributed by atoms with E-state index in [1.165, 1.54) is 0 Å². The van der Waals surface area contributed by atoms with Crippen molar-refractivity contribution >= 4 is 17.6 Å². The van der Waals surface area contributed by atoms with Crippen molar-refractivity contribution in [1.82, 2.24) is 10.2 Å². The lowest BCUT2D eigenvalue weighted by molar-refractivity contribution is -0.126. The number of benzene rings is 2. The van der Waals surface area contributed by atoms with Gasteiger partial charge in [0.2, 0.25) is 5.91 Å². The standard InChI is InChI=1S/C22H28N4O2/c1-16(20(23)17-8-4-2-5-9-17)21(27)24-19-12-14-26(15-13-19)22(28)25-18-10-6-3-7-11-18/h2-11,16,19-20H,12-15,23H2,1H3,(H,24,27)(H,25,28). The molecule has 1 aliphatic rings. The third kappa shape index (κ3) is 5.10. The van der Waals surface area contributed by atoms with Crippen LogP contribution >= 0.6 is 0 Å². The van der Waals surface area contributed by atoms with Crippen molar-refractivity contribution in [3.05, 3.63) is 66.2 Å². The highest BCUT2D eigenvalue weighted by molar-refractivity contribution is 5.89. The summed E-state index contributed by atoms with van der Waals surface area (Å²) in [4.78, 5) is 26.7. The number of nitrogens with one attached hydrogen (secondary N) is 2. The molecule has 1 saturated heterocycles. The molecule has 2 aromatic carbocycles. The minimum atomic E-state index is -0.335. The summed E-state index contributed by atoms with van der Waals surface area (Å²) in [7, 11) is 0. The van der Waals surface area contributed by atoms with Crippen molar-refractivity contribution in [3.63, 3.8) is 0 Å². The van der Waals surface area contributed by atoms with Gasteiger partial charge in [-0.1, -0.05) is 55.5 Å². The fourth-order valence-electron chi connectivity index (χ4n) is 3.41. The second-order valence-electron chi connectivity index (χ2n) is 7.29. The van der Waals surface area contributed by atoms with Crippen LogP contribution in [0.15, 0.2) is 60.7 Å². The number of carbonyl (C=O) groups is 2. The smallest absolute Gasteiger partial charge is 0.321 e. The number of piperidine rings is 1. The van der Waals surface area contributed by atoms with Gasteiger partial charge >= 0.3 is 6.03 Å². The van der Waals surface area contributed by atoms with Crippen LogP contribution in [0, 0.1) is 5.92 Å². The Morgan fingerprint density at radius 3 is 2.18 bits per heavy atom. The van der Waals surface area contributed by atoms with Crippen LogP contribution in [0.4, 0.5) is 10.5 Å². The molecule has 0 radical (unpaired) electrons. The zero-order valence-corrected chi connectivity index (χ0v) is 16.2. The molecule has 6 heteroatoms. The summed E-state index contributed by atoms with van der Waals surface area (Å²) in [6.07, 6.45) is 1.47. The largest absolute Gasteiger partial charge is 0.353 e. The van der Waals surface area contributed by atoms with E-state index < -0.39 is 0 Å². The van der Waals surface area contributed by atoms with E-state index in [1.807, 2.05) is 67.6 Å². The van der Waals surface area contributed by atoms with Crippen molar-refractivity contribution in [2.45, 2.75) is 31.8 Å². The van der Waals surface area contributed by atoms with E-state index in [4.69, 9.17) is 5.73 Å². The van der Waals surface area contributed by atoms with Gasteiger partial charge in [0, 0.05) is 30.9 Å². The molecule has 2 aromatic rings. The van der Waals surface area contributed by atoms with Crippen LogP contribution in [0.5, 0.6) is 0 Å². The van der Waals surface area contributed by atoms with Crippen LogP contribution < -0.4 is 16.4 Å². The van der Waals surface area contributed by atoms with E-state index in [0.29, 0.717) is 13.1 Å². The Hall–Kier alpha value is -2.86. The molecule has 28 heavy (non-hydrogen) atoms. The minimum Gasteiger partial charge on any atom is -0.353 e. The highest BCUT2D eigenvalue weighted by Gasteiger charge is 2.27. The first-order valence-electron chi connectivity index (χ1n) is 9.76. The number of anilines is 1. The number of carbonyl (C=O) groups excluding carboxylic acids is 2. The number of rotatable bonds is 5. The lowest BCUT2D eigenvalue weighted by Gasteiger charge is -2.33. The minimum absolute atomic E-state index is 0.0384. The fraction of sp³-hybridized carbons (Fsp3) is 0.364. The van der Waals surface area contributed by atoms with Crippen LogP contribution in [0.25, 0.3) is 0 Å². The fourth-order valence-corrected chi connectivity index (χ4v) is 3.41. The van der Waals surface area contributed by atoms with Crippen LogP contribution in [-0.4, -0.2) is 36.0 Å². The van der Waals surface area contributed by atoms with Crippen molar-refractivity contribution in [3.8, 4) is 0 Å². The molecule has 1 heterocycles. The van der Waals surface area contributed by atoms with Crippen molar-refractivity contribution in [2.75, 3.05) is 18.4 Å². The average molecular weight is 380 g/mol. The first-order valence-corrected chi connectivity index (χ1v) is 9.76. The van der Waals surface area contributed by atoms with Gasteiger partial charge in [0.15, 0.2) is 0 Å². The molecule has 2 atom stereocenters. The molecular formula is C22H28N4O2. The zero-order chi connectivity index (χ0) is 19.9. The van der Waals surface area contributed by atoms with Gasteiger partial charge in [0.25, 0.3) is 0 Å². The van der Waals surface area contributed by atoms with E-state index in [0.717, 1.165) is 24.1 Å². The first kappa shape index (κ1) is 19.9. The van der Waals surface area contributed by atoms with Crippen molar-refractivity contribution in [1.29, 1.82) is 0 Å². The van der Waals surface area contributed by atoms with E-state index in [1.54, 1.807) is 4.90 Å². The summed E-state index contributed by atoms with van der Waals surface area (Å²) in [5.74, 6) is -0.356. The van der Waals surface area contributed by atoms with Gasteiger partial charge in [0.1, 0.15) is 0 Å². The van der Waals surface area contributed by atoms with Crippen LogP contribution in [0.3, 0.4) is 0 Å². The maximum Gasteiger partial charge on any atom is 0.321 e. The average Bonchev–Trinajstić information content (AvgIpc) is 2.74. The zero-order valence-electron chi connectivity index (χ0n) is 16.2. The molecule has 0 saturated carbocycles. The Bertz CT molecular complexity index is 774. The third-order valence-electron chi connectivity index (χ3n) is 5.29. The lowest BCUT2D eigenvalue weighted by Crippen LogP contribution is -2.49. The van der Waals surface area contributed by atoms with Gasteiger partial charge in [-0.05, 0) is 30.5 Å². The molecule has 0 bridgehead atoms. The quantitative estimate of drug-likeness (QED) is 0.745. The van der Waals surface area contributed by atoms with E-state index in [9.17, 15) is 9.59 Å². The number of hydrogen-bond acceptors (Lipinski definition) is 3. The molecule has 1 aliphatic heterocycles. The van der Waals surface area contributed by atoms with Crippen molar-refractivity contribution < 1.29 is 9.59 Å². The van der Waals surface area contributed by atoms with Crippen molar-refractivity contribution in [2.24, 2.45) is 11.7 Å². The number of urea groups is 1. The molecule has 3 rings (SSSR count). The highest BCUT2D eigenvalue weighted by atomic mass is 16.2. The van der Waals surface area contributed by atoms with Gasteiger partial charge in [-0.25, -0.2) is 4.79 Å². The van der Waals surface area contributed by atoms with Crippen LogP contribution in [-0.2, 0) is 4.79 Å². The summed E-state index contributed by atoms with van der Waals surface area (Å²) in [6.45, 7) is 3.08. The summed E-state index contributed by atoms with van der Waals surface area (Å²) < 4.78 is 0. The summed E-state index contributed by atoms with van der Waals surface area (Å²) in [6, 6.07) is 18.7. The summed E-state index contributed by atoms with van der Waals surface area (Å²) in [5, 5.41) is 6.00.